The van der Waals surface area contributed by atoms with Crippen LogP contribution in [0.5, 0.6) is 0 Å². The number of esters is 1. The molecular weight excluding hydrogens is 248 g/mol. The minimum absolute atomic E-state index is 0.106. The van der Waals surface area contributed by atoms with Gasteiger partial charge < -0.3 is 4.74 Å². The fraction of sp³-hybridized carbons (Fsp3) is 0.714. The highest BCUT2D eigenvalue weighted by Gasteiger charge is 2.30. The Kier molecular flexibility index (Phi) is 5.93. The van der Waals surface area contributed by atoms with E-state index < -0.39 is 0 Å². The molecule has 0 spiro atoms. The zero-order chi connectivity index (χ0) is 13.7. The third kappa shape index (κ3) is 3.87. The normalized spacial score (nSPS) is 28.2. The van der Waals surface area contributed by atoms with Gasteiger partial charge in [-0.2, -0.15) is 11.8 Å². The molecule has 0 aliphatic heterocycles. The first kappa shape index (κ1) is 15.3. The minimum atomic E-state index is -0.175. The van der Waals surface area contributed by atoms with Crippen LogP contribution in [0, 0.1) is 11.8 Å². The van der Waals surface area contributed by atoms with Gasteiger partial charge in [0.15, 0.2) is 5.78 Å². The highest BCUT2D eigenvalue weighted by atomic mass is 32.2. The molecule has 0 saturated heterocycles. The van der Waals surface area contributed by atoms with Gasteiger partial charge in [0.05, 0.1) is 13.0 Å². The summed E-state index contributed by atoms with van der Waals surface area (Å²) >= 11 is 1.72. The van der Waals surface area contributed by atoms with Crippen molar-refractivity contribution in [2.24, 2.45) is 11.8 Å². The lowest BCUT2D eigenvalue weighted by Gasteiger charge is -2.29. The summed E-state index contributed by atoms with van der Waals surface area (Å²) in [7, 11) is 1.41. The second-order valence-corrected chi connectivity index (χ2v) is 6.19. The lowest BCUT2D eigenvalue weighted by atomic mass is 9.85. The van der Waals surface area contributed by atoms with E-state index in [1.54, 1.807) is 11.8 Å². The van der Waals surface area contributed by atoms with Crippen LogP contribution in [0.3, 0.4) is 0 Å². The minimum Gasteiger partial charge on any atom is -0.469 e. The van der Waals surface area contributed by atoms with Crippen LogP contribution in [0.2, 0.25) is 0 Å². The monoisotopic (exact) mass is 270 g/mol. The Morgan fingerprint density at radius 3 is 2.78 bits per heavy atom. The predicted octanol–water partition coefficient (Wildman–Crippen LogP) is 2.84. The van der Waals surface area contributed by atoms with E-state index >= 15 is 0 Å². The maximum atomic E-state index is 11.8. The largest absolute Gasteiger partial charge is 0.469 e. The van der Waals surface area contributed by atoms with Gasteiger partial charge in [0.2, 0.25) is 0 Å². The maximum absolute atomic E-state index is 11.8. The third-order valence-electron chi connectivity index (χ3n) is 3.43. The number of thioether (sulfide) groups is 1. The molecule has 0 aromatic heterocycles. The molecule has 0 N–H and O–H groups in total. The zero-order valence-electron chi connectivity index (χ0n) is 11.6. The number of allylic oxidation sites excluding steroid dienone is 2. The molecule has 0 radical (unpaired) electrons. The number of hydrogen-bond acceptors (Lipinski definition) is 4. The van der Waals surface area contributed by atoms with Gasteiger partial charge in [-0.3, -0.25) is 9.59 Å². The Morgan fingerprint density at radius 2 is 2.22 bits per heavy atom. The van der Waals surface area contributed by atoms with Gasteiger partial charge in [0, 0.05) is 17.4 Å². The van der Waals surface area contributed by atoms with Gasteiger partial charge >= 0.3 is 5.97 Å². The Balaban J connectivity index is 2.49. The predicted molar refractivity (Wildman–Crippen MR) is 74.6 cm³/mol. The standard InChI is InChI=1S/C14H22O3S/c1-5-11-6-9(2)13(7-12(11)15)18-8-10(3)14(16)17-4/h5,9-10,13H,6-8H2,1-4H3/b11-5+/t9?,10-,13?/m0/s1. The van der Waals surface area contributed by atoms with Crippen LogP contribution >= 0.6 is 11.8 Å². The molecule has 0 heterocycles. The molecule has 3 nitrogen and oxygen atoms in total. The van der Waals surface area contributed by atoms with Crippen molar-refractivity contribution in [1.82, 2.24) is 0 Å². The van der Waals surface area contributed by atoms with Crippen LogP contribution in [0.4, 0.5) is 0 Å². The summed E-state index contributed by atoms with van der Waals surface area (Å²) in [5.41, 5.74) is 0.959. The van der Waals surface area contributed by atoms with Crippen molar-refractivity contribution >= 4 is 23.5 Å². The van der Waals surface area contributed by atoms with E-state index in [1.807, 2.05) is 19.9 Å². The van der Waals surface area contributed by atoms with Gasteiger partial charge in [-0.25, -0.2) is 0 Å². The molecular formula is C14H22O3S. The molecule has 0 bridgehead atoms. The number of methoxy groups -OCH3 is 1. The van der Waals surface area contributed by atoms with Crippen LogP contribution in [0.1, 0.15) is 33.6 Å². The first-order chi connectivity index (χ1) is 8.49. The second kappa shape index (κ2) is 6.98. The number of carbonyl (C=O) groups is 2. The molecule has 1 rings (SSSR count). The highest BCUT2D eigenvalue weighted by Crippen LogP contribution is 2.34. The number of hydrogen-bond donors (Lipinski definition) is 0. The number of ether oxygens (including phenoxy) is 1. The van der Waals surface area contributed by atoms with Crippen LogP contribution in [0.15, 0.2) is 11.6 Å². The number of rotatable bonds is 4. The van der Waals surface area contributed by atoms with Crippen LogP contribution in [0.25, 0.3) is 0 Å². The fourth-order valence-electron chi connectivity index (χ4n) is 2.15. The molecule has 18 heavy (non-hydrogen) atoms. The lowest BCUT2D eigenvalue weighted by Crippen LogP contribution is -2.28. The summed E-state index contributed by atoms with van der Waals surface area (Å²) in [6.45, 7) is 5.97. The van der Waals surface area contributed by atoms with E-state index in [0.29, 0.717) is 17.6 Å². The molecule has 1 aliphatic carbocycles. The average Bonchev–Trinajstić information content (AvgIpc) is 2.37. The van der Waals surface area contributed by atoms with E-state index in [2.05, 4.69) is 6.92 Å². The topological polar surface area (TPSA) is 43.4 Å². The third-order valence-corrected chi connectivity index (χ3v) is 5.19. The van der Waals surface area contributed by atoms with Crippen molar-refractivity contribution in [2.45, 2.75) is 38.9 Å². The lowest BCUT2D eigenvalue weighted by molar-refractivity contribution is -0.144. The molecule has 2 unspecified atom stereocenters. The molecule has 0 aromatic rings. The fourth-order valence-corrected chi connectivity index (χ4v) is 3.51. The van der Waals surface area contributed by atoms with Gasteiger partial charge in [-0.1, -0.05) is 19.9 Å². The van der Waals surface area contributed by atoms with Crippen molar-refractivity contribution in [1.29, 1.82) is 0 Å². The Bertz CT molecular complexity index is 349. The molecule has 1 saturated carbocycles. The summed E-state index contributed by atoms with van der Waals surface area (Å²) < 4.78 is 4.71. The van der Waals surface area contributed by atoms with Gasteiger partial charge in [-0.15, -0.1) is 0 Å². The van der Waals surface area contributed by atoms with Crippen molar-refractivity contribution in [3.8, 4) is 0 Å². The SMILES string of the molecule is C/C=C1\CC(C)C(SC[C@H](C)C(=O)OC)CC1=O. The maximum Gasteiger partial charge on any atom is 0.309 e. The van der Waals surface area contributed by atoms with Gasteiger partial charge in [0.25, 0.3) is 0 Å². The van der Waals surface area contributed by atoms with Crippen molar-refractivity contribution in [3.05, 3.63) is 11.6 Å². The number of Topliss-reactive ketones (excluding diaryl/α,β-unsaturated/α-hetero) is 1. The zero-order valence-corrected chi connectivity index (χ0v) is 12.4. The van der Waals surface area contributed by atoms with Gasteiger partial charge in [-0.05, 0) is 24.8 Å². The summed E-state index contributed by atoms with van der Waals surface area (Å²) in [6.07, 6.45) is 3.38. The highest BCUT2D eigenvalue weighted by molar-refractivity contribution is 8.00. The van der Waals surface area contributed by atoms with E-state index in [9.17, 15) is 9.59 Å². The van der Waals surface area contributed by atoms with E-state index in [1.165, 1.54) is 7.11 Å². The Morgan fingerprint density at radius 1 is 1.56 bits per heavy atom. The molecule has 4 heteroatoms. The van der Waals surface area contributed by atoms with E-state index in [4.69, 9.17) is 4.74 Å². The Labute approximate surface area is 113 Å². The summed E-state index contributed by atoms with van der Waals surface area (Å²) in [5.74, 6) is 1.19. The van der Waals surface area contributed by atoms with Crippen molar-refractivity contribution in [2.75, 3.05) is 12.9 Å². The van der Waals surface area contributed by atoms with Gasteiger partial charge in [0.1, 0.15) is 0 Å². The van der Waals surface area contributed by atoms with Crippen LogP contribution < -0.4 is 0 Å². The van der Waals surface area contributed by atoms with E-state index in [-0.39, 0.29) is 17.7 Å². The molecule has 1 fully saturated rings. The first-order valence-electron chi connectivity index (χ1n) is 6.37. The molecule has 3 atom stereocenters. The number of carbonyl (C=O) groups excluding carboxylic acids is 2. The molecule has 0 amide bonds. The van der Waals surface area contributed by atoms with Crippen molar-refractivity contribution in [3.63, 3.8) is 0 Å². The average molecular weight is 270 g/mol. The van der Waals surface area contributed by atoms with Crippen LogP contribution in [-0.4, -0.2) is 29.9 Å². The van der Waals surface area contributed by atoms with Crippen molar-refractivity contribution < 1.29 is 14.3 Å². The smallest absolute Gasteiger partial charge is 0.309 e. The number of ketones is 1. The first-order valence-corrected chi connectivity index (χ1v) is 7.42. The van der Waals surface area contributed by atoms with E-state index in [0.717, 1.165) is 17.7 Å². The summed E-state index contributed by atoms with van der Waals surface area (Å²) in [6, 6.07) is 0. The molecule has 0 aromatic carbocycles. The Hall–Kier alpha value is -0.770. The summed E-state index contributed by atoms with van der Waals surface area (Å²) in [4.78, 5) is 23.2. The quantitative estimate of drug-likeness (QED) is 0.582. The van der Waals surface area contributed by atoms with Crippen LogP contribution in [-0.2, 0) is 14.3 Å². The molecule has 102 valence electrons. The molecule has 1 aliphatic rings. The second-order valence-electron chi connectivity index (χ2n) is 4.92. The summed E-state index contributed by atoms with van der Waals surface area (Å²) in [5, 5.41) is 0.327.